The van der Waals surface area contributed by atoms with E-state index in [1.807, 2.05) is 0 Å². The molecule has 0 N–H and O–H groups in total. The predicted molar refractivity (Wildman–Crippen MR) is 41.5 cm³/mol. The Bertz CT molecular complexity index is 200. The zero-order chi connectivity index (χ0) is 9.61. The highest BCUT2D eigenvalue weighted by molar-refractivity contribution is 7.81. The lowest BCUT2D eigenvalue weighted by atomic mass is 10.9. The second-order valence-corrected chi connectivity index (χ2v) is 3.61. The van der Waals surface area contributed by atoms with Gasteiger partial charge in [0.1, 0.15) is 6.73 Å². The molecule has 0 fully saturated rings. The molecule has 0 atom stereocenters. The fraction of sp³-hybridized carbons (Fsp3) is 1.00. The molecule has 0 aromatic carbocycles. The first-order chi connectivity index (χ1) is 5.48. The van der Waals surface area contributed by atoms with Crippen LogP contribution in [0.2, 0.25) is 0 Å². The van der Waals surface area contributed by atoms with E-state index in [0.29, 0.717) is 6.73 Å². The van der Waals surface area contributed by atoms with Gasteiger partial charge in [-0.05, 0) is 14.1 Å². The van der Waals surface area contributed by atoms with Crippen molar-refractivity contribution in [1.82, 2.24) is 4.90 Å². The minimum atomic E-state index is -3.86. The fourth-order valence-corrected chi connectivity index (χ4v) is 0.643. The zero-order valence-electron chi connectivity index (χ0n) is 7.31. The first-order valence-electron chi connectivity index (χ1n) is 3.15. The summed E-state index contributed by atoms with van der Waals surface area (Å²) in [5, 5.41) is 0. The second-order valence-electron chi connectivity index (χ2n) is 2.22. The Hall–Kier alpha value is -0.210. The maximum atomic E-state index is 10.5. The third-order valence-electron chi connectivity index (χ3n) is 0.829. The molecule has 0 amide bonds. The van der Waals surface area contributed by atoms with Crippen molar-refractivity contribution < 1.29 is 21.5 Å². The van der Waals surface area contributed by atoms with E-state index in [1.165, 1.54) is 0 Å². The summed E-state index contributed by atoms with van der Waals surface area (Å²) in [7, 11) is 0.719. The van der Waals surface area contributed by atoms with Gasteiger partial charge < -0.3 is 4.74 Å². The molecule has 0 radical (unpaired) electrons. The molecule has 0 saturated heterocycles. The quantitative estimate of drug-likeness (QED) is 0.420. The minimum Gasteiger partial charge on any atom is -0.339 e. The minimum absolute atomic E-state index is 0.291. The Morgan fingerprint density at radius 2 is 1.92 bits per heavy atom. The molecule has 12 heavy (non-hydrogen) atoms. The van der Waals surface area contributed by atoms with Crippen molar-refractivity contribution in [1.29, 1.82) is 0 Å². The molecule has 0 heterocycles. The third kappa shape index (κ3) is 6.50. The van der Waals surface area contributed by atoms with Crippen LogP contribution in [0, 0.1) is 0 Å². The highest BCUT2D eigenvalue weighted by Gasteiger charge is 2.07. The number of hydrogen-bond acceptors (Lipinski definition) is 6. The molecule has 0 unspecified atom stereocenters. The normalized spacial score (nSPS) is 12.3. The molecule has 0 aliphatic rings. The molecule has 74 valence electrons. The Morgan fingerprint density at radius 1 is 1.33 bits per heavy atom. The lowest BCUT2D eigenvalue weighted by Gasteiger charge is -2.09. The maximum Gasteiger partial charge on any atom is 0.401 e. The van der Waals surface area contributed by atoms with E-state index in [0.717, 1.165) is 7.11 Å². The summed E-state index contributed by atoms with van der Waals surface area (Å²) in [5.41, 5.74) is 0. The average Bonchev–Trinajstić information content (AvgIpc) is 1.98. The summed E-state index contributed by atoms with van der Waals surface area (Å²) in [6.45, 7) is -0.0480. The van der Waals surface area contributed by atoms with Crippen molar-refractivity contribution in [3.8, 4) is 0 Å². The van der Waals surface area contributed by atoms with Crippen LogP contribution in [0.5, 0.6) is 0 Å². The molecule has 0 aliphatic heterocycles. The van der Waals surface area contributed by atoms with Gasteiger partial charge in [0.15, 0.2) is 6.79 Å². The van der Waals surface area contributed by atoms with Gasteiger partial charge >= 0.3 is 10.4 Å². The van der Waals surface area contributed by atoms with Gasteiger partial charge in [-0.25, -0.2) is 4.18 Å². The van der Waals surface area contributed by atoms with Gasteiger partial charge in [0.2, 0.25) is 0 Å². The van der Waals surface area contributed by atoms with Crippen LogP contribution in [-0.4, -0.2) is 48.0 Å². The van der Waals surface area contributed by atoms with Crippen molar-refractivity contribution in [3.63, 3.8) is 0 Å². The van der Waals surface area contributed by atoms with Gasteiger partial charge in [-0.1, -0.05) is 0 Å². The Balaban J connectivity index is 3.45. The van der Waals surface area contributed by atoms with Crippen LogP contribution < -0.4 is 0 Å². The second kappa shape index (κ2) is 5.44. The fourth-order valence-electron chi connectivity index (χ4n) is 0.361. The van der Waals surface area contributed by atoms with Gasteiger partial charge in [-0.15, -0.1) is 0 Å². The number of nitrogens with zero attached hydrogens (tertiary/aromatic N) is 1. The maximum absolute atomic E-state index is 10.5. The molecule has 0 aliphatic carbocycles. The lowest BCUT2D eigenvalue weighted by molar-refractivity contribution is -0.0299. The van der Waals surface area contributed by atoms with Crippen molar-refractivity contribution in [2.24, 2.45) is 0 Å². The summed E-state index contributed by atoms with van der Waals surface area (Å²) in [6, 6.07) is 0. The number of ether oxygens (including phenoxy) is 1. The van der Waals surface area contributed by atoms with Gasteiger partial charge in [0.05, 0.1) is 7.11 Å². The van der Waals surface area contributed by atoms with Crippen molar-refractivity contribution in [3.05, 3.63) is 0 Å². The van der Waals surface area contributed by atoms with Crippen molar-refractivity contribution in [2.45, 2.75) is 0 Å². The number of rotatable bonds is 6. The van der Waals surface area contributed by atoms with E-state index in [2.05, 4.69) is 8.37 Å². The summed E-state index contributed by atoms with van der Waals surface area (Å²) >= 11 is 0. The highest BCUT2D eigenvalue weighted by Crippen LogP contribution is 1.92. The SMILES string of the molecule is COS(=O)(=O)OCOCN(C)C. The molecule has 0 rings (SSSR count). The largest absolute Gasteiger partial charge is 0.401 e. The predicted octanol–water partition coefficient (Wildman–Crippen LogP) is -0.613. The number of hydrogen-bond donors (Lipinski definition) is 0. The molecule has 0 aromatic rings. The van der Waals surface area contributed by atoms with Crippen LogP contribution in [0.1, 0.15) is 0 Å². The first-order valence-corrected chi connectivity index (χ1v) is 4.48. The molecule has 0 saturated carbocycles. The van der Waals surface area contributed by atoms with Crippen LogP contribution in [0.3, 0.4) is 0 Å². The van der Waals surface area contributed by atoms with Crippen molar-refractivity contribution in [2.75, 3.05) is 34.7 Å². The van der Waals surface area contributed by atoms with E-state index in [-0.39, 0.29) is 6.79 Å². The van der Waals surface area contributed by atoms with E-state index < -0.39 is 10.4 Å². The Labute approximate surface area is 72.3 Å². The molecule has 0 spiro atoms. The lowest BCUT2D eigenvalue weighted by Crippen LogP contribution is -2.19. The average molecular weight is 199 g/mol. The molecule has 0 aromatic heterocycles. The summed E-state index contributed by atoms with van der Waals surface area (Å²) < 4.78 is 34.0. The topological polar surface area (TPSA) is 65.1 Å². The van der Waals surface area contributed by atoms with Crippen LogP contribution >= 0.6 is 0 Å². The van der Waals surface area contributed by atoms with Gasteiger partial charge in [0.25, 0.3) is 0 Å². The molecule has 0 bridgehead atoms. The summed E-state index contributed by atoms with van der Waals surface area (Å²) in [6.07, 6.45) is 0. The van der Waals surface area contributed by atoms with E-state index in [9.17, 15) is 8.42 Å². The smallest absolute Gasteiger partial charge is 0.339 e. The molecule has 7 heteroatoms. The summed E-state index contributed by atoms with van der Waals surface area (Å²) in [5.74, 6) is 0. The highest BCUT2D eigenvalue weighted by atomic mass is 32.3. The first kappa shape index (κ1) is 11.8. The van der Waals surface area contributed by atoms with Crippen LogP contribution in [-0.2, 0) is 23.5 Å². The van der Waals surface area contributed by atoms with Gasteiger partial charge in [-0.2, -0.15) is 8.42 Å². The molecular weight excluding hydrogens is 186 g/mol. The van der Waals surface area contributed by atoms with E-state index in [1.54, 1.807) is 19.0 Å². The van der Waals surface area contributed by atoms with Gasteiger partial charge in [-0.3, -0.25) is 9.08 Å². The van der Waals surface area contributed by atoms with Crippen LogP contribution in [0.4, 0.5) is 0 Å². The van der Waals surface area contributed by atoms with Crippen LogP contribution in [0.15, 0.2) is 0 Å². The van der Waals surface area contributed by atoms with Gasteiger partial charge in [0, 0.05) is 0 Å². The monoisotopic (exact) mass is 199 g/mol. The molecular formula is C5H13NO5S. The Kier molecular flexibility index (Phi) is 5.34. The van der Waals surface area contributed by atoms with E-state index >= 15 is 0 Å². The van der Waals surface area contributed by atoms with Crippen LogP contribution in [0.25, 0.3) is 0 Å². The molecule has 6 nitrogen and oxygen atoms in total. The van der Waals surface area contributed by atoms with Crippen molar-refractivity contribution >= 4 is 10.4 Å². The summed E-state index contributed by atoms with van der Waals surface area (Å²) in [4.78, 5) is 1.72. The third-order valence-corrected chi connectivity index (χ3v) is 1.62. The van der Waals surface area contributed by atoms with E-state index in [4.69, 9.17) is 4.74 Å². The zero-order valence-corrected chi connectivity index (χ0v) is 8.13. The standard InChI is InChI=1S/C5H13NO5S/c1-6(2)4-10-5-11-12(7,8)9-3/h4-5H2,1-3H3. The Morgan fingerprint density at radius 3 is 2.33 bits per heavy atom.